The van der Waals surface area contributed by atoms with Crippen molar-refractivity contribution in [1.29, 1.82) is 0 Å². The third kappa shape index (κ3) is 4.59. The average molecular weight is 326 g/mol. The van der Waals surface area contributed by atoms with Crippen LogP contribution in [0.1, 0.15) is 42.6 Å². The lowest BCUT2D eigenvalue weighted by Crippen LogP contribution is -2.30. The molecule has 0 radical (unpaired) electrons. The van der Waals surface area contributed by atoms with Gasteiger partial charge in [0.05, 0.1) is 0 Å². The topological polar surface area (TPSA) is 81.4 Å². The molecule has 0 bridgehead atoms. The molecule has 3 N–H and O–H groups in total. The number of anilines is 1. The van der Waals surface area contributed by atoms with Crippen molar-refractivity contribution in [3.63, 3.8) is 0 Å². The zero-order valence-electron chi connectivity index (χ0n) is 14.1. The van der Waals surface area contributed by atoms with E-state index in [2.05, 4.69) is 19.2 Å². The highest BCUT2D eigenvalue weighted by molar-refractivity contribution is 5.96. The maximum atomic E-state index is 12.2. The number of benzene rings is 2. The fraction of sp³-hybridized carbons (Fsp3) is 0.263. The van der Waals surface area contributed by atoms with Gasteiger partial charge in [-0.2, -0.15) is 0 Å². The average Bonchev–Trinajstić information content (AvgIpc) is 2.55. The summed E-state index contributed by atoms with van der Waals surface area (Å²) in [6, 6.07) is 14.1. The second-order valence-electron chi connectivity index (χ2n) is 5.92. The van der Waals surface area contributed by atoms with Gasteiger partial charge >= 0.3 is 0 Å². The molecule has 0 heterocycles. The molecular formula is C19H22N2O3. The van der Waals surface area contributed by atoms with Crippen molar-refractivity contribution in [2.45, 2.75) is 32.8 Å². The first kappa shape index (κ1) is 17.5. The minimum atomic E-state index is -0.650. The van der Waals surface area contributed by atoms with Crippen LogP contribution in [0.3, 0.4) is 0 Å². The predicted molar refractivity (Wildman–Crippen MR) is 94.2 cm³/mol. The lowest BCUT2D eigenvalue weighted by Gasteiger charge is -2.16. The molecule has 2 aromatic carbocycles. The fourth-order valence-corrected chi connectivity index (χ4v) is 2.17. The summed E-state index contributed by atoms with van der Waals surface area (Å²) in [6.07, 6.45) is -0.650. The molecule has 1 atom stereocenters. The lowest BCUT2D eigenvalue weighted by molar-refractivity contribution is -0.122. The highest BCUT2D eigenvalue weighted by atomic mass is 16.5. The largest absolute Gasteiger partial charge is 0.481 e. The van der Waals surface area contributed by atoms with Gasteiger partial charge in [0.1, 0.15) is 5.75 Å². The van der Waals surface area contributed by atoms with Gasteiger partial charge in [0.25, 0.3) is 5.91 Å². The van der Waals surface area contributed by atoms with E-state index in [9.17, 15) is 9.59 Å². The molecule has 0 fully saturated rings. The first-order valence-corrected chi connectivity index (χ1v) is 7.84. The van der Waals surface area contributed by atoms with Crippen molar-refractivity contribution in [3.05, 3.63) is 59.7 Å². The minimum absolute atomic E-state index is 0.267. The van der Waals surface area contributed by atoms with Crippen LogP contribution in [-0.2, 0) is 4.79 Å². The molecule has 0 spiro atoms. The molecular weight excluding hydrogens is 304 g/mol. The summed E-state index contributed by atoms with van der Waals surface area (Å²) in [6.45, 7) is 5.89. The van der Waals surface area contributed by atoms with E-state index in [4.69, 9.17) is 10.5 Å². The van der Waals surface area contributed by atoms with Crippen LogP contribution in [-0.4, -0.2) is 17.9 Å². The van der Waals surface area contributed by atoms with Gasteiger partial charge in [-0.3, -0.25) is 9.59 Å². The van der Waals surface area contributed by atoms with Gasteiger partial charge in [-0.05, 0) is 54.8 Å². The Bertz CT molecular complexity index is 724. The number of carbonyl (C=O) groups excluding carboxylic acids is 2. The van der Waals surface area contributed by atoms with Gasteiger partial charge < -0.3 is 15.8 Å². The van der Waals surface area contributed by atoms with Crippen LogP contribution in [0.4, 0.5) is 5.69 Å². The van der Waals surface area contributed by atoms with Gasteiger partial charge in [0.2, 0.25) is 5.91 Å². The number of hydrogen-bond donors (Lipinski definition) is 2. The van der Waals surface area contributed by atoms with Crippen molar-refractivity contribution in [3.8, 4) is 5.75 Å². The minimum Gasteiger partial charge on any atom is -0.481 e. The maximum Gasteiger partial charge on any atom is 0.265 e. The molecule has 5 heteroatoms. The molecule has 0 saturated heterocycles. The van der Waals surface area contributed by atoms with Gasteiger partial charge in [-0.15, -0.1) is 0 Å². The highest BCUT2D eigenvalue weighted by Crippen LogP contribution is 2.21. The molecule has 1 unspecified atom stereocenters. The summed E-state index contributed by atoms with van der Waals surface area (Å²) >= 11 is 0. The van der Waals surface area contributed by atoms with E-state index in [1.54, 1.807) is 31.2 Å². The van der Waals surface area contributed by atoms with Crippen LogP contribution in [0.25, 0.3) is 0 Å². The maximum absolute atomic E-state index is 12.2. The highest BCUT2D eigenvalue weighted by Gasteiger charge is 2.15. The first-order chi connectivity index (χ1) is 11.4. The van der Waals surface area contributed by atoms with Crippen molar-refractivity contribution in [2.24, 2.45) is 5.73 Å². The van der Waals surface area contributed by atoms with Crippen LogP contribution in [0, 0.1) is 0 Å². The number of carbonyl (C=O) groups is 2. The van der Waals surface area contributed by atoms with E-state index in [1.807, 2.05) is 24.3 Å². The van der Waals surface area contributed by atoms with E-state index < -0.39 is 12.0 Å². The van der Waals surface area contributed by atoms with Crippen LogP contribution in [0.15, 0.2) is 48.5 Å². The smallest absolute Gasteiger partial charge is 0.265 e. The monoisotopic (exact) mass is 326 g/mol. The van der Waals surface area contributed by atoms with E-state index in [0.29, 0.717) is 22.9 Å². The molecule has 2 amide bonds. The van der Waals surface area contributed by atoms with Gasteiger partial charge in [0.15, 0.2) is 6.10 Å². The second-order valence-corrected chi connectivity index (χ2v) is 5.92. The Morgan fingerprint density at radius 3 is 2.29 bits per heavy atom. The molecule has 0 aliphatic rings. The Kier molecular flexibility index (Phi) is 5.58. The quantitative estimate of drug-likeness (QED) is 0.854. The number of amides is 2. The van der Waals surface area contributed by atoms with Gasteiger partial charge in [-0.1, -0.05) is 26.0 Å². The van der Waals surface area contributed by atoms with Gasteiger partial charge in [0, 0.05) is 11.3 Å². The molecule has 5 nitrogen and oxygen atoms in total. The normalized spacial score (nSPS) is 11.8. The number of primary amides is 1. The molecule has 0 aromatic heterocycles. The third-order valence-corrected chi connectivity index (χ3v) is 3.64. The van der Waals surface area contributed by atoms with E-state index in [-0.39, 0.29) is 5.91 Å². The van der Waals surface area contributed by atoms with Crippen molar-refractivity contribution in [1.82, 2.24) is 0 Å². The number of nitrogens with two attached hydrogens (primary N) is 1. The number of hydrogen-bond acceptors (Lipinski definition) is 3. The molecule has 0 aliphatic heterocycles. The zero-order valence-corrected chi connectivity index (χ0v) is 14.1. The summed E-state index contributed by atoms with van der Waals surface area (Å²) in [4.78, 5) is 23.3. The van der Waals surface area contributed by atoms with Crippen LogP contribution < -0.4 is 15.8 Å². The zero-order chi connectivity index (χ0) is 17.7. The summed E-state index contributed by atoms with van der Waals surface area (Å²) in [5.41, 5.74) is 7.31. The fourth-order valence-electron chi connectivity index (χ4n) is 2.17. The van der Waals surface area contributed by atoms with Gasteiger partial charge in [-0.25, -0.2) is 0 Å². The van der Waals surface area contributed by atoms with E-state index in [0.717, 1.165) is 5.56 Å². The Balaban J connectivity index is 1.99. The predicted octanol–water partition coefficient (Wildman–Crippen LogP) is 3.31. The Labute approximate surface area is 141 Å². The van der Waals surface area contributed by atoms with Crippen LogP contribution >= 0.6 is 0 Å². The van der Waals surface area contributed by atoms with Crippen molar-refractivity contribution in [2.75, 3.05) is 5.32 Å². The third-order valence-electron chi connectivity index (χ3n) is 3.64. The van der Waals surface area contributed by atoms with Crippen molar-refractivity contribution < 1.29 is 14.3 Å². The summed E-state index contributed by atoms with van der Waals surface area (Å²) in [5, 5.41) is 2.75. The molecule has 0 aliphatic carbocycles. The Hall–Kier alpha value is -2.82. The molecule has 0 saturated carbocycles. The van der Waals surface area contributed by atoms with Crippen LogP contribution in [0.5, 0.6) is 5.75 Å². The van der Waals surface area contributed by atoms with E-state index >= 15 is 0 Å². The second kappa shape index (κ2) is 7.64. The van der Waals surface area contributed by atoms with Crippen molar-refractivity contribution >= 4 is 17.5 Å². The van der Waals surface area contributed by atoms with E-state index in [1.165, 1.54) is 0 Å². The molecule has 2 rings (SSSR count). The number of nitrogens with one attached hydrogen (secondary N) is 1. The summed E-state index contributed by atoms with van der Waals surface area (Å²) < 4.78 is 5.71. The Morgan fingerprint density at radius 2 is 1.71 bits per heavy atom. The molecule has 2 aromatic rings. The summed E-state index contributed by atoms with van der Waals surface area (Å²) in [5.74, 6) is 0.278. The SMILES string of the molecule is CC(Oc1cccc(C(C)C)c1)C(=O)Nc1ccc(C(N)=O)cc1. The molecule has 24 heavy (non-hydrogen) atoms. The Morgan fingerprint density at radius 1 is 1.04 bits per heavy atom. The lowest BCUT2D eigenvalue weighted by atomic mass is 10.0. The number of rotatable bonds is 6. The number of ether oxygens (including phenoxy) is 1. The standard InChI is InChI=1S/C19H22N2O3/c1-12(2)15-5-4-6-17(11-15)24-13(3)19(23)21-16-9-7-14(8-10-16)18(20)22/h4-13H,1-3H3,(H2,20,22)(H,21,23). The first-order valence-electron chi connectivity index (χ1n) is 7.84. The summed E-state index contributed by atoms with van der Waals surface area (Å²) in [7, 11) is 0. The van der Waals surface area contributed by atoms with Crippen LogP contribution in [0.2, 0.25) is 0 Å². The molecule has 126 valence electrons.